The first kappa shape index (κ1) is 14.3. The summed E-state index contributed by atoms with van der Waals surface area (Å²) < 4.78 is 5.78. The molecule has 1 heterocycles. The van der Waals surface area contributed by atoms with Crippen molar-refractivity contribution in [3.8, 4) is 0 Å². The predicted molar refractivity (Wildman–Crippen MR) is 73.6 cm³/mol. The van der Waals surface area contributed by atoms with Crippen LogP contribution in [0.3, 0.4) is 0 Å². The van der Waals surface area contributed by atoms with Crippen molar-refractivity contribution in [3.05, 3.63) is 0 Å². The molecule has 1 saturated carbocycles. The quantitative estimate of drug-likeness (QED) is 0.793. The van der Waals surface area contributed by atoms with Gasteiger partial charge in [-0.25, -0.2) is 0 Å². The van der Waals surface area contributed by atoms with Gasteiger partial charge in [0.2, 0.25) is 0 Å². The Labute approximate surface area is 111 Å². The molecule has 3 heteroatoms. The molecule has 2 rings (SSSR count). The van der Waals surface area contributed by atoms with Crippen molar-refractivity contribution in [1.82, 2.24) is 5.32 Å². The molecule has 18 heavy (non-hydrogen) atoms. The monoisotopic (exact) mass is 255 g/mol. The Balaban J connectivity index is 1.66. The number of ether oxygens (including phenoxy) is 1. The van der Waals surface area contributed by atoms with Crippen molar-refractivity contribution in [3.63, 3.8) is 0 Å². The van der Waals surface area contributed by atoms with Crippen LogP contribution in [0.1, 0.15) is 58.3 Å². The Kier molecular flexibility index (Phi) is 5.93. The van der Waals surface area contributed by atoms with Crippen LogP contribution in [0.15, 0.2) is 0 Å². The van der Waals surface area contributed by atoms with Crippen LogP contribution in [-0.4, -0.2) is 36.5 Å². The molecule has 0 radical (unpaired) electrons. The fraction of sp³-hybridized carbons (Fsp3) is 1.00. The molecule has 4 atom stereocenters. The molecule has 0 spiro atoms. The number of aliphatic hydroxyl groups excluding tert-OH is 1. The zero-order valence-corrected chi connectivity index (χ0v) is 11.7. The lowest BCUT2D eigenvalue weighted by molar-refractivity contribution is -0.00457. The average Bonchev–Trinajstić information content (AvgIpc) is 2.37. The molecule has 4 unspecified atom stereocenters. The van der Waals surface area contributed by atoms with Gasteiger partial charge in [-0.1, -0.05) is 19.8 Å². The predicted octanol–water partition coefficient (Wildman–Crippen LogP) is 2.47. The van der Waals surface area contributed by atoms with Gasteiger partial charge in [-0.3, -0.25) is 0 Å². The van der Waals surface area contributed by atoms with E-state index < -0.39 is 0 Å². The van der Waals surface area contributed by atoms with Crippen molar-refractivity contribution in [2.75, 3.05) is 13.2 Å². The van der Waals surface area contributed by atoms with Crippen LogP contribution >= 0.6 is 0 Å². The summed E-state index contributed by atoms with van der Waals surface area (Å²) in [5, 5.41) is 13.4. The van der Waals surface area contributed by atoms with E-state index in [2.05, 4.69) is 12.2 Å². The van der Waals surface area contributed by atoms with Crippen LogP contribution < -0.4 is 5.32 Å². The molecule has 1 aliphatic heterocycles. The van der Waals surface area contributed by atoms with Gasteiger partial charge < -0.3 is 15.2 Å². The molecule has 1 saturated heterocycles. The van der Waals surface area contributed by atoms with Crippen LogP contribution in [0, 0.1) is 5.92 Å². The summed E-state index contributed by atoms with van der Waals surface area (Å²) in [5.74, 6) is 0.682. The largest absolute Gasteiger partial charge is 0.393 e. The fourth-order valence-electron chi connectivity index (χ4n) is 3.37. The lowest BCUT2D eigenvalue weighted by atomic mass is 9.87. The average molecular weight is 255 g/mol. The van der Waals surface area contributed by atoms with Gasteiger partial charge in [0.1, 0.15) is 0 Å². The van der Waals surface area contributed by atoms with Gasteiger partial charge in [-0.2, -0.15) is 0 Å². The van der Waals surface area contributed by atoms with E-state index in [-0.39, 0.29) is 6.10 Å². The topological polar surface area (TPSA) is 41.5 Å². The van der Waals surface area contributed by atoms with E-state index in [1.807, 2.05) is 0 Å². The molecule has 106 valence electrons. The first-order valence-corrected chi connectivity index (χ1v) is 7.81. The van der Waals surface area contributed by atoms with E-state index in [0.717, 1.165) is 32.4 Å². The Bertz CT molecular complexity index is 233. The van der Waals surface area contributed by atoms with Crippen LogP contribution in [0.5, 0.6) is 0 Å². The second-order valence-corrected chi connectivity index (χ2v) is 6.10. The molecule has 2 N–H and O–H groups in total. The van der Waals surface area contributed by atoms with Gasteiger partial charge in [-0.05, 0) is 51.0 Å². The van der Waals surface area contributed by atoms with Gasteiger partial charge in [0.25, 0.3) is 0 Å². The van der Waals surface area contributed by atoms with E-state index in [0.29, 0.717) is 18.1 Å². The van der Waals surface area contributed by atoms with Crippen molar-refractivity contribution in [2.45, 2.75) is 76.5 Å². The lowest BCUT2D eigenvalue weighted by Gasteiger charge is -2.32. The van der Waals surface area contributed by atoms with E-state index in [9.17, 15) is 5.11 Å². The number of hydrogen-bond acceptors (Lipinski definition) is 3. The third kappa shape index (κ3) is 4.52. The summed E-state index contributed by atoms with van der Waals surface area (Å²) in [6, 6.07) is 0.634. The Morgan fingerprint density at radius 1 is 1.22 bits per heavy atom. The summed E-state index contributed by atoms with van der Waals surface area (Å²) >= 11 is 0. The van der Waals surface area contributed by atoms with E-state index in [4.69, 9.17) is 4.74 Å². The van der Waals surface area contributed by atoms with Crippen molar-refractivity contribution < 1.29 is 9.84 Å². The van der Waals surface area contributed by atoms with Crippen LogP contribution in [0.4, 0.5) is 0 Å². The van der Waals surface area contributed by atoms with Gasteiger partial charge in [0, 0.05) is 12.6 Å². The lowest BCUT2D eigenvalue weighted by Crippen LogP contribution is -2.41. The van der Waals surface area contributed by atoms with Gasteiger partial charge in [0.15, 0.2) is 0 Å². The summed E-state index contributed by atoms with van der Waals surface area (Å²) in [6.45, 7) is 4.22. The third-order valence-corrected chi connectivity index (χ3v) is 4.43. The maximum atomic E-state index is 9.68. The van der Waals surface area contributed by atoms with Gasteiger partial charge in [0.05, 0.1) is 12.2 Å². The highest BCUT2D eigenvalue weighted by Gasteiger charge is 2.24. The highest BCUT2D eigenvalue weighted by Crippen LogP contribution is 2.24. The molecular weight excluding hydrogens is 226 g/mol. The normalized spacial score (nSPS) is 37.7. The minimum Gasteiger partial charge on any atom is -0.393 e. The number of hydrogen-bond donors (Lipinski definition) is 2. The first-order valence-electron chi connectivity index (χ1n) is 7.81. The molecule has 1 aliphatic carbocycles. The van der Waals surface area contributed by atoms with E-state index in [1.165, 1.54) is 32.1 Å². The van der Waals surface area contributed by atoms with Crippen LogP contribution in [-0.2, 0) is 4.74 Å². The summed E-state index contributed by atoms with van der Waals surface area (Å²) in [7, 11) is 0. The second kappa shape index (κ2) is 7.46. The molecule has 3 nitrogen and oxygen atoms in total. The zero-order chi connectivity index (χ0) is 12.8. The highest BCUT2D eigenvalue weighted by molar-refractivity contribution is 4.80. The van der Waals surface area contributed by atoms with Gasteiger partial charge in [-0.15, -0.1) is 0 Å². The standard InChI is InChI=1S/C15H29NO2/c1-2-4-15-10-13(7-8-18-15)16-11-12-5-3-6-14(17)9-12/h12-17H,2-11H2,1H3. The number of rotatable bonds is 5. The second-order valence-electron chi connectivity index (χ2n) is 6.10. The fourth-order valence-corrected chi connectivity index (χ4v) is 3.37. The summed E-state index contributed by atoms with van der Waals surface area (Å²) in [6.07, 6.45) is 9.63. The summed E-state index contributed by atoms with van der Waals surface area (Å²) in [5.41, 5.74) is 0. The molecule has 0 amide bonds. The van der Waals surface area contributed by atoms with E-state index >= 15 is 0 Å². The molecule has 0 bridgehead atoms. The van der Waals surface area contributed by atoms with Crippen LogP contribution in [0.2, 0.25) is 0 Å². The van der Waals surface area contributed by atoms with Crippen molar-refractivity contribution >= 4 is 0 Å². The SMILES string of the molecule is CCCC1CC(NCC2CCCC(O)C2)CCO1. The maximum absolute atomic E-state index is 9.68. The van der Waals surface area contributed by atoms with Crippen LogP contribution in [0.25, 0.3) is 0 Å². The Morgan fingerprint density at radius 2 is 2.11 bits per heavy atom. The minimum atomic E-state index is -0.0481. The molecule has 2 aliphatic rings. The Morgan fingerprint density at radius 3 is 2.89 bits per heavy atom. The van der Waals surface area contributed by atoms with Crippen molar-refractivity contribution in [1.29, 1.82) is 0 Å². The zero-order valence-electron chi connectivity index (χ0n) is 11.7. The Hall–Kier alpha value is -0.120. The summed E-state index contributed by atoms with van der Waals surface area (Å²) in [4.78, 5) is 0. The smallest absolute Gasteiger partial charge is 0.0589 e. The molecule has 0 aromatic carbocycles. The minimum absolute atomic E-state index is 0.0481. The number of aliphatic hydroxyl groups is 1. The van der Waals surface area contributed by atoms with Crippen molar-refractivity contribution in [2.24, 2.45) is 5.92 Å². The van der Waals surface area contributed by atoms with Gasteiger partial charge >= 0.3 is 0 Å². The third-order valence-electron chi connectivity index (χ3n) is 4.43. The molecule has 0 aromatic heterocycles. The molecule has 0 aromatic rings. The first-order chi connectivity index (χ1) is 8.78. The highest BCUT2D eigenvalue weighted by atomic mass is 16.5. The van der Waals surface area contributed by atoms with E-state index in [1.54, 1.807) is 0 Å². The maximum Gasteiger partial charge on any atom is 0.0589 e. The molecule has 2 fully saturated rings. The number of nitrogens with one attached hydrogen (secondary N) is 1. The molecular formula is C15H29NO2.